The van der Waals surface area contributed by atoms with Gasteiger partial charge in [-0.2, -0.15) is 0 Å². The van der Waals surface area contributed by atoms with E-state index in [2.05, 4.69) is 27.6 Å². The molecule has 2 N–H and O–H groups in total. The molecule has 1 aromatic heterocycles. The van der Waals surface area contributed by atoms with Crippen LogP contribution in [0, 0.1) is 0 Å². The number of carbonyl (C=O) groups is 1. The Morgan fingerprint density at radius 2 is 1.81 bits per heavy atom. The molecular weight excluding hydrogens is 368 g/mol. The van der Waals surface area contributed by atoms with Crippen LogP contribution in [-0.4, -0.2) is 27.1 Å². The third kappa shape index (κ3) is 8.49. The second-order valence-corrected chi connectivity index (χ2v) is 9.09. The minimum Gasteiger partial charge on any atom is -0.356 e. The number of thiophene rings is 1. The fourth-order valence-electron chi connectivity index (χ4n) is 2.60. The quantitative estimate of drug-likeness (QED) is 0.572. The van der Waals surface area contributed by atoms with Gasteiger partial charge in [0.25, 0.3) is 0 Å². The molecule has 1 aromatic carbocycles. The van der Waals surface area contributed by atoms with Crippen LogP contribution in [0.2, 0.25) is 0 Å². The van der Waals surface area contributed by atoms with Crippen LogP contribution in [0.25, 0.3) is 0 Å². The number of nitrogens with one attached hydrogen (secondary N) is 2. The lowest BCUT2D eigenvalue weighted by molar-refractivity contribution is -0.121. The van der Waals surface area contributed by atoms with Crippen molar-refractivity contribution in [3.63, 3.8) is 0 Å². The topological polar surface area (TPSA) is 75.3 Å². The van der Waals surface area contributed by atoms with Crippen LogP contribution in [0.1, 0.15) is 36.1 Å². The second-order valence-electron chi connectivity index (χ2n) is 6.31. The standard InChI is InChI=1S/C19H26N2O3S2/c1-26(23,24)21-17-12-10-16(11-13-17)6-4-14-20-19(22)9-3-2-7-18-8-5-15-25-18/h5,8,10-13,15,21H,2-4,6-7,9,14H2,1H3,(H,20,22). The number of benzene rings is 1. The van der Waals surface area contributed by atoms with Crippen LogP contribution in [0.15, 0.2) is 41.8 Å². The molecule has 0 atom stereocenters. The van der Waals surface area contributed by atoms with Gasteiger partial charge >= 0.3 is 0 Å². The first-order valence-corrected chi connectivity index (χ1v) is 11.6. The fourth-order valence-corrected chi connectivity index (χ4v) is 3.92. The predicted octanol–water partition coefficient (Wildman–Crippen LogP) is 3.58. The first-order valence-electron chi connectivity index (χ1n) is 8.78. The Morgan fingerprint density at radius 3 is 2.46 bits per heavy atom. The van der Waals surface area contributed by atoms with E-state index in [1.807, 2.05) is 12.1 Å². The highest BCUT2D eigenvalue weighted by atomic mass is 32.2. The minimum atomic E-state index is -3.24. The van der Waals surface area contributed by atoms with Crippen molar-refractivity contribution >= 4 is 33.0 Å². The summed E-state index contributed by atoms with van der Waals surface area (Å²) in [4.78, 5) is 13.2. The molecule has 0 saturated heterocycles. The number of unbranched alkanes of at least 4 members (excludes halogenated alkanes) is 1. The Morgan fingerprint density at radius 1 is 1.04 bits per heavy atom. The molecule has 142 valence electrons. The summed E-state index contributed by atoms with van der Waals surface area (Å²) < 4.78 is 24.8. The van der Waals surface area contributed by atoms with E-state index >= 15 is 0 Å². The third-order valence-electron chi connectivity index (χ3n) is 3.88. The zero-order chi connectivity index (χ0) is 18.8. The van der Waals surface area contributed by atoms with Crippen molar-refractivity contribution in [2.45, 2.75) is 38.5 Å². The number of rotatable bonds is 11. The summed E-state index contributed by atoms with van der Waals surface area (Å²) >= 11 is 1.77. The molecule has 7 heteroatoms. The van der Waals surface area contributed by atoms with Crippen LogP contribution in [-0.2, 0) is 27.7 Å². The summed E-state index contributed by atoms with van der Waals surface area (Å²) in [5.74, 6) is 0.115. The van der Waals surface area contributed by atoms with Crippen LogP contribution >= 0.6 is 11.3 Å². The summed E-state index contributed by atoms with van der Waals surface area (Å²) in [6.45, 7) is 0.660. The van der Waals surface area contributed by atoms with Crippen molar-refractivity contribution in [2.75, 3.05) is 17.5 Å². The maximum atomic E-state index is 11.8. The lowest BCUT2D eigenvalue weighted by Gasteiger charge is -2.07. The number of anilines is 1. The molecule has 0 aliphatic heterocycles. The minimum absolute atomic E-state index is 0.115. The van der Waals surface area contributed by atoms with Gasteiger partial charge in [-0.15, -0.1) is 11.3 Å². The summed E-state index contributed by atoms with van der Waals surface area (Å²) in [5.41, 5.74) is 1.68. The van der Waals surface area contributed by atoms with Crippen LogP contribution in [0.4, 0.5) is 5.69 Å². The van der Waals surface area contributed by atoms with Crippen molar-refractivity contribution in [3.8, 4) is 0 Å². The maximum absolute atomic E-state index is 11.8. The average Bonchev–Trinajstić information content (AvgIpc) is 3.09. The smallest absolute Gasteiger partial charge is 0.229 e. The van der Waals surface area contributed by atoms with Gasteiger partial charge in [0.05, 0.1) is 6.26 Å². The van der Waals surface area contributed by atoms with Crippen molar-refractivity contribution in [1.82, 2.24) is 5.32 Å². The monoisotopic (exact) mass is 394 g/mol. The van der Waals surface area contributed by atoms with Gasteiger partial charge in [0, 0.05) is 23.5 Å². The molecule has 0 aliphatic carbocycles. The third-order valence-corrected chi connectivity index (χ3v) is 5.42. The van der Waals surface area contributed by atoms with Gasteiger partial charge in [-0.25, -0.2) is 8.42 Å². The summed E-state index contributed by atoms with van der Waals surface area (Å²) in [6, 6.07) is 11.5. The Bertz CT molecular complexity index is 770. The highest BCUT2D eigenvalue weighted by molar-refractivity contribution is 7.92. The molecule has 0 spiro atoms. The van der Waals surface area contributed by atoms with Crippen molar-refractivity contribution < 1.29 is 13.2 Å². The summed E-state index contributed by atoms with van der Waals surface area (Å²) in [5, 5.41) is 5.04. The van der Waals surface area contributed by atoms with Crippen molar-refractivity contribution in [2.24, 2.45) is 0 Å². The molecule has 0 radical (unpaired) electrons. The molecule has 2 rings (SSSR count). The Hall–Kier alpha value is -1.86. The van der Waals surface area contributed by atoms with E-state index in [4.69, 9.17) is 0 Å². The molecule has 26 heavy (non-hydrogen) atoms. The zero-order valence-corrected chi connectivity index (χ0v) is 16.7. The van der Waals surface area contributed by atoms with Crippen LogP contribution in [0.5, 0.6) is 0 Å². The number of carbonyl (C=O) groups excluding carboxylic acids is 1. The molecule has 0 unspecified atom stereocenters. The van der Waals surface area contributed by atoms with E-state index in [0.717, 1.165) is 43.9 Å². The number of aryl methyl sites for hydroxylation is 2. The van der Waals surface area contributed by atoms with E-state index in [1.165, 1.54) is 4.88 Å². The zero-order valence-electron chi connectivity index (χ0n) is 15.0. The van der Waals surface area contributed by atoms with Gasteiger partial charge in [-0.05, 0) is 61.2 Å². The van der Waals surface area contributed by atoms with Gasteiger partial charge in [0.15, 0.2) is 0 Å². The van der Waals surface area contributed by atoms with E-state index in [-0.39, 0.29) is 5.91 Å². The lowest BCUT2D eigenvalue weighted by Crippen LogP contribution is -2.24. The number of hydrogen-bond donors (Lipinski definition) is 2. The first kappa shape index (κ1) is 20.5. The Kier molecular flexibility index (Phi) is 8.12. The summed E-state index contributed by atoms with van der Waals surface area (Å²) in [7, 11) is -3.24. The highest BCUT2D eigenvalue weighted by Gasteiger charge is 2.03. The highest BCUT2D eigenvalue weighted by Crippen LogP contribution is 2.13. The number of sulfonamides is 1. The van der Waals surface area contributed by atoms with Gasteiger partial charge < -0.3 is 5.32 Å². The molecule has 5 nitrogen and oxygen atoms in total. The largest absolute Gasteiger partial charge is 0.356 e. The molecule has 2 aromatic rings. The predicted molar refractivity (Wildman–Crippen MR) is 108 cm³/mol. The summed E-state index contributed by atoms with van der Waals surface area (Å²) in [6.07, 6.45) is 6.43. The van der Waals surface area contributed by atoms with E-state index in [1.54, 1.807) is 23.5 Å². The fraction of sp³-hybridized carbons (Fsp3) is 0.421. The molecule has 0 fully saturated rings. The normalized spacial score (nSPS) is 11.3. The molecule has 0 saturated carbocycles. The second kappa shape index (κ2) is 10.3. The molecule has 0 bridgehead atoms. The van der Waals surface area contributed by atoms with Crippen molar-refractivity contribution in [3.05, 3.63) is 52.2 Å². The first-order chi connectivity index (χ1) is 12.4. The van der Waals surface area contributed by atoms with Crippen molar-refractivity contribution in [1.29, 1.82) is 0 Å². The van der Waals surface area contributed by atoms with Gasteiger partial charge in [-0.3, -0.25) is 9.52 Å². The van der Waals surface area contributed by atoms with E-state index in [9.17, 15) is 13.2 Å². The molecule has 1 heterocycles. The van der Waals surface area contributed by atoms with Crippen LogP contribution in [0.3, 0.4) is 0 Å². The van der Waals surface area contributed by atoms with E-state index < -0.39 is 10.0 Å². The molecular formula is C19H26N2O3S2. The molecule has 1 amide bonds. The number of hydrogen-bond acceptors (Lipinski definition) is 4. The maximum Gasteiger partial charge on any atom is 0.229 e. The Labute approximate surface area is 159 Å². The average molecular weight is 395 g/mol. The van der Waals surface area contributed by atoms with Gasteiger partial charge in [0.2, 0.25) is 15.9 Å². The molecule has 0 aliphatic rings. The van der Waals surface area contributed by atoms with Gasteiger partial charge in [-0.1, -0.05) is 18.2 Å². The number of amides is 1. The Balaban J connectivity index is 1.55. The van der Waals surface area contributed by atoms with Crippen LogP contribution < -0.4 is 10.0 Å². The van der Waals surface area contributed by atoms with Gasteiger partial charge in [0.1, 0.15) is 0 Å². The SMILES string of the molecule is CS(=O)(=O)Nc1ccc(CCCNC(=O)CCCCc2cccs2)cc1. The van der Waals surface area contributed by atoms with E-state index in [0.29, 0.717) is 18.7 Å². The lowest BCUT2D eigenvalue weighted by atomic mass is 10.1.